The van der Waals surface area contributed by atoms with Crippen LogP contribution in [0.15, 0.2) is 12.3 Å². The second kappa shape index (κ2) is 3.36. The highest BCUT2D eigenvalue weighted by Gasteiger charge is 2.20. The van der Waals surface area contributed by atoms with Crippen molar-refractivity contribution in [3.05, 3.63) is 33.1 Å². The van der Waals surface area contributed by atoms with Crippen LogP contribution in [0.2, 0.25) is 5.02 Å². The lowest BCUT2D eigenvalue weighted by Crippen LogP contribution is -2.03. The molecule has 1 aromatic heterocycles. The van der Waals surface area contributed by atoms with E-state index in [0.717, 1.165) is 12.3 Å². The molecule has 0 radical (unpaired) electrons. The van der Waals surface area contributed by atoms with Gasteiger partial charge in [-0.15, -0.1) is 0 Å². The topological polar surface area (TPSA) is 93.3 Å². The van der Waals surface area contributed by atoms with E-state index in [1.165, 1.54) is 0 Å². The van der Waals surface area contributed by atoms with Crippen molar-refractivity contribution in [1.29, 1.82) is 0 Å². The second-order valence-corrected chi connectivity index (χ2v) is 2.43. The number of halogens is 1. The highest BCUT2D eigenvalue weighted by atomic mass is 35.5. The molecule has 0 spiro atoms. The van der Waals surface area contributed by atoms with Crippen molar-refractivity contribution in [3.63, 3.8) is 0 Å². The molecule has 0 unspecified atom stereocenters. The van der Waals surface area contributed by atoms with E-state index in [0.29, 0.717) is 0 Å². The molecule has 0 saturated carbocycles. The van der Waals surface area contributed by atoms with Gasteiger partial charge in [0.25, 0.3) is 5.69 Å². The number of nitro groups is 1. The third kappa shape index (κ3) is 1.73. The molecular formula is C6H3ClN2O4. The lowest BCUT2D eigenvalue weighted by atomic mass is 10.3. The Morgan fingerprint density at radius 2 is 2.31 bits per heavy atom. The first-order valence-electron chi connectivity index (χ1n) is 3.06. The summed E-state index contributed by atoms with van der Waals surface area (Å²) in [5.74, 6) is -1.39. The summed E-state index contributed by atoms with van der Waals surface area (Å²) in [6.07, 6.45) is 1.02. The summed E-state index contributed by atoms with van der Waals surface area (Å²) in [6, 6.07) is 1.04. The molecule has 0 amide bonds. The maximum atomic E-state index is 10.4. The largest absolute Gasteiger partial charge is 0.476 e. The average molecular weight is 203 g/mol. The smallest absolute Gasteiger partial charge is 0.356 e. The zero-order chi connectivity index (χ0) is 10.0. The zero-order valence-electron chi connectivity index (χ0n) is 6.10. The predicted octanol–water partition coefficient (Wildman–Crippen LogP) is 1.34. The molecule has 7 heteroatoms. The molecule has 0 atom stereocenters. The molecule has 0 bridgehead atoms. The molecule has 0 fully saturated rings. The summed E-state index contributed by atoms with van der Waals surface area (Å²) in [5, 5.41) is 18.3. The van der Waals surface area contributed by atoms with Gasteiger partial charge in [0.05, 0.1) is 4.92 Å². The Morgan fingerprint density at radius 1 is 1.69 bits per heavy atom. The van der Waals surface area contributed by atoms with Crippen LogP contribution in [0.1, 0.15) is 10.5 Å². The van der Waals surface area contributed by atoms with Crippen LogP contribution in [0.3, 0.4) is 0 Å². The molecule has 68 valence electrons. The minimum Gasteiger partial charge on any atom is -0.476 e. The number of hydrogen-bond acceptors (Lipinski definition) is 4. The molecule has 0 aliphatic rings. The number of rotatable bonds is 2. The molecule has 1 aromatic rings. The molecule has 1 heterocycles. The Kier molecular flexibility index (Phi) is 2.43. The van der Waals surface area contributed by atoms with E-state index in [4.69, 9.17) is 16.7 Å². The average Bonchev–Trinajstić information content (AvgIpc) is 2.03. The van der Waals surface area contributed by atoms with E-state index in [1.807, 2.05) is 0 Å². The van der Waals surface area contributed by atoms with Gasteiger partial charge >= 0.3 is 5.97 Å². The van der Waals surface area contributed by atoms with Gasteiger partial charge in [0.15, 0.2) is 10.7 Å². The van der Waals surface area contributed by atoms with Crippen molar-refractivity contribution in [3.8, 4) is 0 Å². The van der Waals surface area contributed by atoms with Gasteiger partial charge < -0.3 is 5.11 Å². The summed E-state index contributed by atoms with van der Waals surface area (Å²) in [7, 11) is 0. The van der Waals surface area contributed by atoms with Crippen LogP contribution in [0.4, 0.5) is 5.69 Å². The molecule has 1 N–H and O–H groups in total. The van der Waals surface area contributed by atoms with Gasteiger partial charge in [-0.1, -0.05) is 11.6 Å². The fourth-order valence-electron chi connectivity index (χ4n) is 0.724. The molecule has 6 nitrogen and oxygen atoms in total. The van der Waals surface area contributed by atoms with Crippen molar-refractivity contribution in [2.24, 2.45) is 0 Å². The molecular weight excluding hydrogens is 200 g/mol. The van der Waals surface area contributed by atoms with E-state index in [2.05, 4.69) is 4.98 Å². The van der Waals surface area contributed by atoms with Crippen LogP contribution in [0.25, 0.3) is 0 Å². The number of pyridine rings is 1. The summed E-state index contributed by atoms with van der Waals surface area (Å²) in [6.45, 7) is 0. The number of nitrogens with zero attached hydrogens (tertiary/aromatic N) is 2. The minimum absolute atomic E-state index is 0.458. The number of hydrogen-bond donors (Lipinski definition) is 1. The standard InChI is InChI=1S/C6H3ClN2O4/c7-4-3(9(12)13)1-2-8-5(4)6(10)11/h1-2H,(H,10,11). The lowest BCUT2D eigenvalue weighted by Gasteiger charge is -1.97. The van der Waals surface area contributed by atoms with Gasteiger partial charge in [-0.2, -0.15) is 0 Å². The highest BCUT2D eigenvalue weighted by Crippen LogP contribution is 2.25. The Balaban J connectivity index is 3.35. The van der Waals surface area contributed by atoms with Crippen LogP contribution in [0.5, 0.6) is 0 Å². The number of aromatic carboxylic acids is 1. The van der Waals surface area contributed by atoms with Gasteiger partial charge in [-0.3, -0.25) is 10.1 Å². The quantitative estimate of drug-likeness (QED) is 0.577. The summed E-state index contributed by atoms with van der Waals surface area (Å²) in [5.41, 5.74) is -0.982. The third-order valence-electron chi connectivity index (χ3n) is 1.27. The van der Waals surface area contributed by atoms with Gasteiger partial charge in [0.1, 0.15) is 0 Å². The summed E-state index contributed by atoms with van der Waals surface area (Å²) < 4.78 is 0. The number of carbonyl (C=O) groups is 1. The van der Waals surface area contributed by atoms with Crippen molar-refractivity contribution in [1.82, 2.24) is 4.98 Å². The maximum absolute atomic E-state index is 10.4. The zero-order valence-corrected chi connectivity index (χ0v) is 6.85. The van der Waals surface area contributed by atoms with Crippen molar-refractivity contribution in [2.45, 2.75) is 0 Å². The highest BCUT2D eigenvalue weighted by molar-refractivity contribution is 6.35. The van der Waals surface area contributed by atoms with E-state index in [9.17, 15) is 14.9 Å². The van der Waals surface area contributed by atoms with E-state index in [1.54, 1.807) is 0 Å². The van der Waals surface area contributed by atoms with Crippen LogP contribution < -0.4 is 0 Å². The first-order valence-corrected chi connectivity index (χ1v) is 3.44. The maximum Gasteiger partial charge on any atom is 0.356 e. The second-order valence-electron chi connectivity index (χ2n) is 2.05. The third-order valence-corrected chi connectivity index (χ3v) is 1.64. The molecule has 1 rings (SSSR count). The van der Waals surface area contributed by atoms with E-state index >= 15 is 0 Å². The Morgan fingerprint density at radius 3 is 2.77 bits per heavy atom. The normalized spacial score (nSPS) is 9.62. The SMILES string of the molecule is O=C(O)c1nccc([N+](=O)[O-])c1Cl. The number of aromatic nitrogens is 1. The van der Waals surface area contributed by atoms with Gasteiger partial charge in [0.2, 0.25) is 0 Å². The number of carboxylic acid groups (broad SMARTS) is 1. The fourth-order valence-corrected chi connectivity index (χ4v) is 0.985. The molecule has 0 aliphatic heterocycles. The molecule has 0 aromatic carbocycles. The van der Waals surface area contributed by atoms with Crippen LogP contribution in [-0.4, -0.2) is 21.0 Å². The van der Waals surface area contributed by atoms with Crippen molar-refractivity contribution < 1.29 is 14.8 Å². The van der Waals surface area contributed by atoms with Crippen LogP contribution in [-0.2, 0) is 0 Å². The molecule has 0 saturated heterocycles. The molecule has 13 heavy (non-hydrogen) atoms. The fraction of sp³-hybridized carbons (Fsp3) is 0. The monoisotopic (exact) mass is 202 g/mol. The van der Waals surface area contributed by atoms with E-state index < -0.39 is 27.3 Å². The lowest BCUT2D eigenvalue weighted by molar-refractivity contribution is -0.384. The predicted molar refractivity (Wildman–Crippen MR) is 42.9 cm³/mol. The van der Waals surface area contributed by atoms with Gasteiger partial charge in [-0.05, 0) is 0 Å². The minimum atomic E-state index is -1.39. The Hall–Kier alpha value is -1.69. The van der Waals surface area contributed by atoms with Crippen molar-refractivity contribution >= 4 is 23.3 Å². The number of carboxylic acids is 1. The first-order chi connectivity index (χ1) is 6.04. The van der Waals surface area contributed by atoms with Crippen LogP contribution in [0, 0.1) is 10.1 Å². The summed E-state index contributed by atoms with van der Waals surface area (Å²) >= 11 is 5.41. The van der Waals surface area contributed by atoms with Gasteiger partial charge in [0, 0.05) is 12.3 Å². The first kappa shape index (κ1) is 9.40. The van der Waals surface area contributed by atoms with Gasteiger partial charge in [-0.25, -0.2) is 9.78 Å². The van der Waals surface area contributed by atoms with Crippen LogP contribution >= 0.6 is 11.6 Å². The summed E-state index contributed by atoms with van der Waals surface area (Å²) in [4.78, 5) is 23.3. The Bertz CT molecular complexity index is 347. The molecule has 0 aliphatic carbocycles. The van der Waals surface area contributed by atoms with Crippen molar-refractivity contribution in [2.75, 3.05) is 0 Å². The Labute approximate surface area is 76.9 Å². The van der Waals surface area contributed by atoms with E-state index in [-0.39, 0.29) is 0 Å².